The van der Waals surface area contributed by atoms with Crippen molar-refractivity contribution < 1.29 is 14.3 Å². The zero-order valence-electron chi connectivity index (χ0n) is 18.8. The van der Waals surface area contributed by atoms with Crippen molar-refractivity contribution in [3.05, 3.63) is 80.7 Å². The lowest BCUT2D eigenvalue weighted by atomic mass is 10.0. The van der Waals surface area contributed by atoms with Crippen LogP contribution in [0.5, 0.6) is 0 Å². The molecule has 1 N–H and O–H groups in total. The molecule has 4 aromatic rings. The predicted octanol–water partition coefficient (Wildman–Crippen LogP) is 5.46. The first-order valence-corrected chi connectivity index (χ1v) is 11.8. The van der Waals surface area contributed by atoms with Gasteiger partial charge in [0.1, 0.15) is 10.9 Å². The van der Waals surface area contributed by atoms with E-state index >= 15 is 0 Å². The molecule has 0 radical (unpaired) electrons. The third kappa shape index (κ3) is 4.60. The van der Waals surface area contributed by atoms with E-state index in [-0.39, 0.29) is 18.1 Å². The average Bonchev–Trinajstić information content (AvgIpc) is 3.16. The molecular weight excluding hydrogens is 474 g/mol. The number of benzene rings is 2. The minimum absolute atomic E-state index is 0.283. The van der Waals surface area contributed by atoms with Crippen LogP contribution in [0.3, 0.4) is 0 Å². The Morgan fingerprint density at radius 3 is 2.47 bits per heavy atom. The summed E-state index contributed by atoms with van der Waals surface area (Å²) >= 11 is 7.46. The molecule has 0 unspecified atom stereocenters. The second-order valence-electron chi connectivity index (χ2n) is 7.64. The fraction of sp³-hybridized carbons (Fsp3) is 0.200. The van der Waals surface area contributed by atoms with E-state index in [2.05, 4.69) is 10.3 Å². The number of hydrogen-bond acceptors (Lipinski definition) is 6. The number of esters is 1. The van der Waals surface area contributed by atoms with E-state index in [1.165, 1.54) is 22.2 Å². The lowest BCUT2D eigenvalue weighted by molar-refractivity contribution is -0.118. The third-order valence-electron chi connectivity index (χ3n) is 5.41. The highest BCUT2D eigenvalue weighted by atomic mass is 35.5. The van der Waals surface area contributed by atoms with Crippen LogP contribution in [0, 0.1) is 6.92 Å². The van der Waals surface area contributed by atoms with Crippen molar-refractivity contribution in [2.75, 3.05) is 11.9 Å². The number of nitrogens with one attached hydrogen (secondary N) is 1. The molecule has 0 aliphatic carbocycles. The van der Waals surface area contributed by atoms with Crippen LogP contribution in [0.2, 0.25) is 5.02 Å². The lowest BCUT2D eigenvalue weighted by Gasteiger charge is -2.15. The van der Waals surface area contributed by atoms with Crippen molar-refractivity contribution in [1.29, 1.82) is 0 Å². The van der Waals surface area contributed by atoms with Crippen LogP contribution in [0.15, 0.2) is 59.7 Å². The number of thiophene rings is 1. The van der Waals surface area contributed by atoms with Crippen molar-refractivity contribution in [2.24, 2.45) is 0 Å². The first-order chi connectivity index (χ1) is 16.3. The number of aromatic nitrogens is 2. The molecule has 2 aromatic heterocycles. The van der Waals surface area contributed by atoms with Crippen molar-refractivity contribution in [2.45, 2.75) is 26.8 Å². The van der Waals surface area contributed by atoms with E-state index in [4.69, 9.17) is 16.3 Å². The van der Waals surface area contributed by atoms with E-state index in [1.54, 1.807) is 50.2 Å². The molecule has 4 rings (SSSR count). The summed E-state index contributed by atoms with van der Waals surface area (Å²) in [5.41, 5.74) is 2.26. The van der Waals surface area contributed by atoms with Gasteiger partial charge in [0.05, 0.1) is 23.9 Å². The number of aryl methyl sites for hydroxylation is 1. The zero-order valence-corrected chi connectivity index (χ0v) is 20.4. The van der Waals surface area contributed by atoms with Gasteiger partial charge in [0.2, 0.25) is 5.91 Å². The van der Waals surface area contributed by atoms with E-state index in [1.807, 2.05) is 19.1 Å². The van der Waals surface area contributed by atoms with Crippen molar-refractivity contribution in [3.8, 4) is 11.1 Å². The molecule has 2 heterocycles. The van der Waals surface area contributed by atoms with Gasteiger partial charge < -0.3 is 10.1 Å². The van der Waals surface area contributed by atoms with Gasteiger partial charge >= 0.3 is 5.97 Å². The summed E-state index contributed by atoms with van der Waals surface area (Å²) < 4.78 is 6.29. The predicted molar refractivity (Wildman–Crippen MR) is 135 cm³/mol. The molecule has 0 spiro atoms. The van der Waals surface area contributed by atoms with E-state index in [9.17, 15) is 14.4 Å². The molecule has 0 saturated carbocycles. The smallest absolute Gasteiger partial charge is 0.338 e. The Hall–Kier alpha value is -3.49. The second kappa shape index (κ2) is 9.79. The van der Waals surface area contributed by atoms with Crippen LogP contribution < -0.4 is 10.9 Å². The van der Waals surface area contributed by atoms with Gasteiger partial charge in [0, 0.05) is 21.2 Å². The fourth-order valence-electron chi connectivity index (χ4n) is 3.63. The number of anilines is 1. The summed E-state index contributed by atoms with van der Waals surface area (Å²) in [6, 6.07) is 12.8. The van der Waals surface area contributed by atoms with Crippen LogP contribution in [-0.4, -0.2) is 28.0 Å². The summed E-state index contributed by atoms with van der Waals surface area (Å²) in [5, 5.41) is 3.87. The molecule has 0 fully saturated rings. The number of rotatable bonds is 6. The van der Waals surface area contributed by atoms with Gasteiger partial charge in [-0.3, -0.25) is 14.2 Å². The van der Waals surface area contributed by atoms with Crippen LogP contribution in [0.1, 0.15) is 35.1 Å². The molecule has 0 aliphatic rings. The summed E-state index contributed by atoms with van der Waals surface area (Å²) in [5.74, 6) is -0.811. The highest BCUT2D eigenvalue weighted by molar-refractivity contribution is 7.19. The highest BCUT2D eigenvalue weighted by Crippen LogP contribution is 2.36. The third-order valence-corrected chi connectivity index (χ3v) is 6.67. The Balaban J connectivity index is 1.63. The highest BCUT2D eigenvalue weighted by Gasteiger charge is 2.22. The lowest BCUT2D eigenvalue weighted by Crippen LogP contribution is -2.31. The normalized spacial score (nSPS) is 11.9. The molecule has 1 atom stereocenters. The molecule has 1 amide bonds. The number of fused-ring (bicyclic) bond motifs is 1. The van der Waals surface area contributed by atoms with E-state index in [0.717, 1.165) is 16.0 Å². The molecule has 0 aliphatic heterocycles. The topological polar surface area (TPSA) is 90.3 Å². The van der Waals surface area contributed by atoms with Gasteiger partial charge in [-0.25, -0.2) is 9.78 Å². The summed E-state index contributed by atoms with van der Waals surface area (Å²) in [4.78, 5) is 44.2. The van der Waals surface area contributed by atoms with Crippen molar-refractivity contribution in [3.63, 3.8) is 0 Å². The van der Waals surface area contributed by atoms with Crippen LogP contribution in [-0.2, 0) is 9.53 Å². The van der Waals surface area contributed by atoms with Gasteiger partial charge in [-0.1, -0.05) is 23.7 Å². The molecule has 0 saturated heterocycles. The average molecular weight is 496 g/mol. The standard InChI is InChI=1S/C25H22ClN3O4S/c1-4-33-25(32)17-7-11-19(12-8-17)28-22(30)14(2)29-13-27-23-21(24(29)31)20(15(3)34-23)16-5-9-18(26)10-6-16/h5-14H,4H2,1-3H3,(H,28,30)/t14-/m0/s1. The van der Waals surface area contributed by atoms with Gasteiger partial charge in [0.25, 0.3) is 5.56 Å². The quantitative estimate of drug-likeness (QED) is 0.358. The van der Waals surface area contributed by atoms with Gasteiger partial charge in [-0.05, 0) is 62.7 Å². The van der Waals surface area contributed by atoms with Gasteiger partial charge in [0.15, 0.2) is 0 Å². The van der Waals surface area contributed by atoms with Gasteiger partial charge in [-0.15, -0.1) is 11.3 Å². The summed E-state index contributed by atoms with van der Waals surface area (Å²) in [6.45, 7) is 5.60. The number of amides is 1. The van der Waals surface area contributed by atoms with Gasteiger partial charge in [-0.2, -0.15) is 0 Å². The van der Waals surface area contributed by atoms with Crippen molar-refractivity contribution in [1.82, 2.24) is 9.55 Å². The maximum atomic E-state index is 13.5. The van der Waals surface area contributed by atoms with Crippen molar-refractivity contribution >= 4 is 50.7 Å². The number of carbonyl (C=O) groups is 2. The van der Waals surface area contributed by atoms with Crippen LogP contribution in [0.25, 0.3) is 21.3 Å². The van der Waals surface area contributed by atoms with Crippen LogP contribution in [0.4, 0.5) is 5.69 Å². The molecule has 0 bridgehead atoms. The SMILES string of the molecule is CCOC(=O)c1ccc(NC(=O)[C@H](C)n2cnc3sc(C)c(-c4ccc(Cl)cc4)c3c2=O)cc1. The largest absolute Gasteiger partial charge is 0.462 e. The monoisotopic (exact) mass is 495 g/mol. The molecule has 2 aromatic carbocycles. The molecule has 174 valence electrons. The Bertz CT molecular complexity index is 1430. The Labute approximate surface area is 205 Å². The fourth-order valence-corrected chi connectivity index (χ4v) is 4.76. The minimum atomic E-state index is -0.813. The number of carbonyl (C=O) groups excluding carboxylic acids is 2. The number of hydrogen-bond donors (Lipinski definition) is 1. The number of nitrogens with zero attached hydrogens (tertiary/aromatic N) is 2. The molecular formula is C25H22ClN3O4S. The Morgan fingerprint density at radius 2 is 1.82 bits per heavy atom. The first-order valence-electron chi connectivity index (χ1n) is 10.6. The van der Waals surface area contributed by atoms with E-state index < -0.39 is 12.0 Å². The second-order valence-corrected chi connectivity index (χ2v) is 9.28. The Kier molecular flexibility index (Phi) is 6.81. The van der Waals surface area contributed by atoms with E-state index in [0.29, 0.717) is 26.5 Å². The Morgan fingerprint density at radius 1 is 1.15 bits per heavy atom. The molecule has 34 heavy (non-hydrogen) atoms. The minimum Gasteiger partial charge on any atom is -0.462 e. The zero-order chi connectivity index (χ0) is 24.4. The van der Waals surface area contributed by atoms with Crippen LogP contribution >= 0.6 is 22.9 Å². The summed E-state index contributed by atoms with van der Waals surface area (Å²) in [7, 11) is 0. The molecule has 7 nitrogen and oxygen atoms in total. The number of ether oxygens (including phenoxy) is 1. The summed E-state index contributed by atoms with van der Waals surface area (Å²) in [6.07, 6.45) is 1.40. The maximum Gasteiger partial charge on any atom is 0.338 e. The first kappa shape index (κ1) is 23.7. The molecule has 9 heteroatoms. The maximum absolute atomic E-state index is 13.5. The number of halogens is 1.